The van der Waals surface area contributed by atoms with Crippen molar-refractivity contribution in [2.75, 3.05) is 5.32 Å². The van der Waals surface area contributed by atoms with E-state index in [9.17, 15) is 4.79 Å². The highest BCUT2D eigenvalue weighted by atomic mass is 35.5. The van der Waals surface area contributed by atoms with Crippen molar-refractivity contribution in [2.45, 2.75) is 12.8 Å². The molecule has 3 rings (SSSR count). The zero-order valence-corrected chi connectivity index (χ0v) is 12.9. The van der Waals surface area contributed by atoms with Gasteiger partial charge in [0.05, 0.1) is 11.9 Å². The van der Waals surface area contributed by atoms with E-state index < -0.39 is 0 Å². The molecular formula is C16H14ClN5O. The predicted molar refractivity (Wildman–Crippen MR) is 87.6 cm³/mol. The minimum atomic E-state index is -0.0567. The molecule has 2 aromatic heterocycles. The van der Waals surface area contributed by atoms with Gasteiger partial charge in [-0.3, -0.25) is 9.36 Å². The Bertz CT molecular complexity index is 769. The van der Waals surface area contributed by atoms with Gasteiger partial charge in [-0.15, -0.1) is 10.2 Å². The third kappa shape index (κ3) is 4.14. The number of halogens is 1. The molecular weight excluding hydrogens is 314 g/mol. The van der Waals surface area contributed by atoms with Crippen LogP contribution in [0, 0.1) is 0 Å². The second-order valence-electron chi connectivity index (χ2n) is 4.95. The summed E-state index contributed by atoms with van der Waals surface area (Å²) >= 11 is 5.84. The second kappa shape index (κ2) is 7.02. The molecule has 0 bridgehead atoms. The summed E-state index contributed by atoms with van der Waals surface area (Å²) in [5, 5.41) is 11.0. The molecule has 2 heterocycles. The number of benzene rings is 1. The number of hydrogen-bond acceptors (Lipinski definition) is 4. The van der Waals surface area contributed by atoms with Gasteiger partial charge in [-0.2, -0.15) is 0 Å². The lowest BCUT2D eigenvalue weighted by Gasteiger charge is -2.06. The van der Waals surface area contributed by atoms with Crippen molar-refractivity contribution < 1.29 is 4.79 Å². The lowest BCUT2D eigenvalue weighted by atomic mass is 10.1. The molecule has 7 heteroatoms. The van der Waals surface area contributed by atoms with E-state index in [1.165, 1.54) is 0 Å². The fourth-order valence-electron chi connectivity index (χ4n) is 2.06. The SMILES string of the molecule is O=C(CCc1ccc(Cl)cc1)Nc1ccc(-n2cnnc2)nc1. The van der Waals surface area contributed by atoms with Crippen molar-refractivity contribution in [1.82, 2.24) is 19.7 Å². The van der Waals surface area contributed by atoms with Crippen LogP contribution in [0.4, 0.5) is 5.69 Å². The van der Waals surface area contributed by atoms with E-state index >= 15 is 0 Å². The molecule has 23 heavy (non-hydrogen) atoms. The van der Waals surface area contributed by atoms with E-state index in [1.807, 2.05) is 24.3 Å². The molecule has 0 aliphatic rings. The highest BCUT2D eigenvalue weighted by Crippen LogP contribution is 2.12. The molecule has 0 saturated carbocycles. The van der Waals surface area contributed by atoms with Crippen LogP contribution in [0.15, 0.2) is 55.2 Å². The maximum atomic E-state index is 12.0. The summed E-state index contributed by atoms with van der Waals surface area (Å²) in [6.07, 6.45) is 5.79. The first-order chi connectivity index (χ1) is 11.2. The minimum Gasteiger partial charge on any atom is -0.325 e. The third-order valence-electron chi connectivity index (χ3n) is 3.27. The van der Waals surface area contributed by atoms with Crippen LogP contribution in [-0.2, 0) is 11.2 Å². The molecule has 1 aromatic carbocycles. The maximum absolute atomic E-state index is 12.0. The zero-order chi connectivity index (χ0) is 16.1. The standard InChI is InChI=1S/C16H14ClN5O/c17-13-4-1-12(2-5-13)3-8-16(23)21-14-6-7-15(18-9-14)22-10-19-20-11-22/h1-2,4-7,9-11H,3,8H2,(H,21,23). The number of aromatic nitrogens is 4. The number of pyridine rings is 1. The number of carbonyl (C=O) groups excluding carboxylic acids is 1. The van der Waals surface area contributed by atoms with Crippen LogP contribution < -0.4 is 5.32 Å². The first kappa shape index (κ1) is 15.2. The van der Waals surface area contributed by atoms with Crippen LogP contribution in [0.2, 0.25) is 5.02 Å². The Morgan fingerprint density at radius 1 is 1.09 bits per heavy atom. The zero-order valence-electron chi connectivity index (χ0n) is 12.2. The summed E-state index contributed by atoms with van der Waals surface area (Å²) in [4.78, 5) is 16.2. The lowest BCUT2D eigenvalue weighted by Crippen LogP contribution is -2.12. The number of amides is 1. The summed E-state index contributed by atoms with van der Waals surface area (Å²) in [7, 11) is 0. The topological polar surface area (TPSA) is 72.7 Å². The molecule has 0 radical (unpaired) electrons. The number of carbonyl (C=O) groups is 1. The van der Waals surface area contributed by atoms with Gasteiger partial charge in [0, 0.05) is 11.4 Å². The minimum absolute atomic E-state index is 0.0567. The van der Waals surface area contributed by atoms with Gasteiger partial charge in [-0.1, -0.05) is 23.7 Å². The van der Waals surface area contributed by atoms with E-state index in [1.54, 1.807) is 35.6 Å². The number of rotatable bonds is 5. The summed E-state index contributed by atoms with van der Waals surface area (Å²) in [6.45, 7) is 0. The van der Waals surface area contributed by atoms with Gasteiger partial charge in [-0.25, -0.2) is 4.98 Å². The van der Waals surface area contributed by atoms with E-state index in [0.29, 0.717) is 29.4 Å². The molecule has 3 aromatic rings. The predicted octanol–water partition coefficient (Wildman–Crippen LogP) is 2.89. The maximum Gasteiger partial charge on any atom is 0.224 e. The Morgan fingerprint density at radius 3 is 2.48 bits per heavy atom. The molecule has 0 aliphatic heterocycles. The van der Waals surface area contributed by atoms with Gasteiger partial charge in [-0.05, 0) is 36.2 Å². The molecule has 0 atom stereocenters. The average molecular weight is 328 g/mol. The summed E-state index contributed by atoms with van der Waals surface area (Å²) < 4.78 is 1.69. The second-order valence-corrected chi connectivity index (χ2v) is 5.39. The molecule has 0 unspecified atom stereocenters. The van der Waals surface area contributed by atoms with Crippen LogP contribution in [0.25, 0.3) is 5.82 Å². The first-order valence-corrected chi connectivity index (χ1v) is 7.44. The highest BCUT2D eigenvalue weighted by molar-refractivity contribution is 6.30. The summed E-state index contributed by atoms with van der Waals surface area (Å²) in [5.41, 5.74) is 1.73. The number of anilines is 1. The van der Waals surface area contributed by atoms with Crippen LogP contribution in [-0.4, -0.2) is 25.7 Å². The van der Waals surface area contributed by atoms with Crippen LogP contribution in [0.3, 0.4) is 0 Å². The Kier molecular flexibility index (Phi) is 4.63. The van der Waals surface area contributed by atoms with Gasteiger partial charge in [0.15, 0.2) is 0 Å². The fourth-order valence-corrected chi connectivity index (χ4v) is 2.19. The van der Waals surface area contributed by atoms with Crippen molar-refractivity contribution in [2.24, 2.45) is 0 Å². The van der Waals surface area contributed by atoms with Gasteiger partial charge >= 0.3 is 0 Å². The normalized spacial score (nSPS) is 10.5. The van der Waals surface area contributed by atoms with Crippen molar-refractivity contribution in [1.29, 1.82) is 0 Å². The average Bonchev–Trinajstić information content (AvgIpc) is 3.09. The molecule has 116 valence electrons. The van der Waals surface area contributed by atoms with Crippen LogP contribution >= 0.6 is 11.6 Å². The number of hydrogen-bond donors (Lipinski definition) is 1. The van der Waals surface area contributed by atoms with Crippen molar-refractivity contribution in [3.63, 3.8) is 0 Å². The Labute approximate surface area is 138 Å². The Hall–Kier alpha value is -2.73. The first-order valence-electron chi connectivity index (χ1n) is 7.06. The van der Waals surface area contributed by atoms with E-state index in [2.05, 4.69) is 20.5 Å². The van der Waals surface area contributed by atoms with Gasteiger partial charge in [0.2, 0.25) is 5.91 Å². The third-order valence-corrected chi connectivity index (χ3v) is 3.52. The number of nitrogens with zero attached hydrogens (tertiary/aromatic N) is 4. The molecule has 1 N–H and O–H groups in total. The van der Waals surface area contributed by atoms with Crippen molar-refractivity contribution >= 4 is 23.2 Å². The molecule has 6 nitrogen and oxygen atoms in total. The van der Waals surface area contributed by atoms with Crippen LogP contribution in [0.1, 0.15) is 12.0 Å². The molecule has 0 aliphatic carbocycles. The van der Waals surface area contributed by atoms with Gasteiger partial charge in [0.25, 0.3) is 0 Å². The highest BCUT2D eigenvalue weighted by Gasteiger charge is 2.05. The Balaban J connectivity index is 1.54. The summed E-state index contributed by atoms with van der Waals surface area (Å²) in [5.74, 6) is 0.632. The van der Waals surface area contributed by atoms with Crippen LogP contribution in [0.5, 0.6) is 0 Å². The smallest absolute Gasteiger partial charge is 0.224 e. The quantitative estimate of drug-likeness (QED) is 0.782. The molecule has 1 amide bonds. The largest absolute Gasteiger partial charge is 0.325 e. The van der Waals surface area contributed by atoms with Gasteiger partial charge in [0.1, 0.15) is 18.5 Å². The molecule has 0 saturated heterocycles. The summed E-state index contributed by atoms with van der Waals surface area (Å²) in [6, 6.07) is 11.1. The molecule has 0 spiro atoms. The van der Waals surface area contributed by atoms with E-state index in [4.69, 9.17) is 11.6 Å². The van der Waals surface area contributed by atoms with Crippen molar-refractivity contribution in [3.05, 3.63) is 65.8 Å². The van der Waals surface area contributed by atoms with Crippen molar-refractivity contribution in [3.8, 4) is 5.82 Å². The monoisotopic (exact) mass is 327 g/mol. The Morgan fingerprint density at radius 2 is 1.83 bits per heavy atom. The molecule has 0 fully saturated rings. The number of aryl methyl sites for hydroxylation is 1. The number of nitrogens with one attached hydrogen (secondary N) is 1. The van der Waals surface area contributed by atoms with Gasteiger partial charge < -0.3 is 5.32 Å². The fraction of sp³-hybridized carbons (Fsp3) is 0.125. The van der Waals surface area contributed by atoms with E-state index in [-0.39, 0.29) is 5.91 Å². The lowest BCUT2D eigenvalue weighted by molar-refractivity contribution is -0.116. The van der Waals surface area contributed by atoms with E-state index in [0.717, 1.165) is 5.56 Å².